The number of rotatable bonds is 4. The largest absolute Gasteiger partial charge is 0.268 e. The zero-order chi connectivity index (χ0) is 16.7. The third kappa shape index (κ3) is 2.50. The molecule has 5 heteroatoms. The van der Waals surface area contributed by atoms with E-state index in [1.807, 2.05) is 22.8 Å². The quantitative estimate of drug-likeness (QED) is 0.500. The molecule has 0 saturated heterocycles. The van der Waals surface area contributed by atoms with E-state index in [0.29, 0.717) is 0 Å². The van der Waals surface area contributed by atoms with Crippen LogP contribution in [0.2, 0.25) is 0 Å². The number of thiophene rings is 1. The number of thioether (sulfide) groups is 1. The molecule has 1 aliphatic carbocycles. The molecule has 0 bridgehead atoms. The summed E-state index contributed by atoms with van der Waals surface area (Å²) in [5, 5.41) is 1.68. The molecule has 0 amide bonds. The highest BCUT2D eigenvalue weighted by Gasteiger charge is 2.24. The van der Waals surface area contributed by atoms with Gasteiger partial charge in [-0.25, -0.2) is 4.98 Å². The van der Waals surface area contributed by atoms with Gasteiger partial charge in [-0.1, -0.05) is 36.9 Å². The van der Waals surface area contributed by atoms with E-state index in [-0.39, 0.29) is 5.56 Å². The number of para-hydroxylation sites is 1. The number of hydrogen-bond donors (Lipinski definition) is 0. The summed E-state index contributed by atoms with van der Waals surface area (Å²) in [4.78, 5) is 20.6. The highest BCUT2D eigenvalue weighted by molar-refractivity contribution is 7.99. The maximum atomic E-state index is 13.4. The molecule has 0 N–H and O–H groups in total. The predicted octanol–water partition coefficient (Wildman–Crippen LogP) is 4.75. The van der Waals surface area contributed by atoms with Crippen LogP contribution in [0.1, 0.15) is 35.8 Å². The first-order valence-corrected chi connectivity index (χ1v) is 10.3. The van der Waals surface area contributed by atoms with Crippen molar-refractivity contribution in [3.63, 3.8) is 0 Å². The minimum atomic E-state index is 0.104. The first-order chi connectivity index (χ1) is 11.7. The van der Waals surface area contributed by atoms with Gasteiger partial charge in [-0.3, -0.25) is 9.36 Å². The predicted molar refractivity (Wildman–Crippen MR) is 103 cm³/mol. The fourth-order valence-electron chi connectivity index (χ4n) is 3.34. The Labute approximate surface area is 149 Å². The van der Waals surface area contributed by atoms with E-state index < -0.39 is 0 Å². The Morgan fingerprint density at radius 1 is 1.29 bits per heavy atom. The Kier molecular flexibility index (Phi) is 4.22. The molecule has 0 atom stereocenters. The summed E-state index contributed by atoms with van der Waals surface area (Å²) < 4.78 is 1.84. The minimum absolute atomic E-state index is 0.104. The van der Waals surface area contributed by atoms with Crippen molar-refractivity contribution >= 4 is 33.3 Å². The van der Waals surface area contributed by atoms with Gasteiger partial charge in [-0.05, 0) is 49.8 Å². The van der Waals surface area contributed by atoms with Crippen molar-refractivity contribution in [1.82, 2.24) is 9.55 Å². The first-order valence-electron chi connectivity index (χ1n) is 8.46. The van der Waals surface area contributed by atoms with Gasteiger partial charge < -0.3 is 0 Å². The summed E-state index contributed by atoms with van der Waals surface area (Å²) in [6, 6.07) is 8.08. The molecular formula is C19H20N2OS2. The van der Waals surface area contributed by atoms with Gasteiger partial charge in [0.2, 0.25) is 0 Å². The molecule has 24 heavy (non-hydrogen) atoms. The smallest absolute Gasteiger partial charge is 0.267 e. The van der Waals surface area contributed by atoms with E-state index in [1.165, 1.54) is 10.4 Å². The molecule has 1 aromatic carbocycles. The maximum absolute atomic E-state index is 13.4. The lowest BCUT2D eigenvalue weighted by atomic mass is 10.2. The van der Waals surface area contributed by atoms with E-state index in [4.69, 9.17) is 4.98 Å². The van der Waals surface area contributed by atoms with Crippen LogP contribution in [-0.4, -0.2) is 15.3 Å². The Hall–Kier alpha value is -1.59. The van der Waals surface area contributed by atoms with Crippen molar-refractivity contribution < 1.29 is 0 Å². The molecule has 1 aliphatic rings. The second kappa shape index (κ2) is 6.37. The number of hydrogen-bond acceptors (Lipinski definition) is 4. The fourth-order valence-corrected chi connectivity index (χ4v) is 5.50. The SMILES string of the molecule is CCCSc1nc2sc3c(c2c(=O)n1-c1ccccc1C)CCC3. The van der Waals surface area contributed by atoms with E-state index >= 15 is 0 Å². The number of aromatic nitrogens is 2. The molecule has 0 aliphatic heterocycles. The second-order valence-corrected chi connectivity index (χ2v) is 8.35. The topological polar surface area (TPSA) is 34.9 Å². The Morgan fingerprint density at radius 3 is 2.92 bits per heavy atom. The summed E-state index contributed by atoms with van der Waals surface area (Å²) in [6.45, 7) is 4.21. The molecule has 124 valence electrons. The summed E-state index contributed by atoms with van der Waals surface area (Å²) >= 11 is 3.40. The van der Waals surface area contributed by atoms with Crippen molar-refractivity contribution in [1.29, 1.82) is 0 Å². The van der Waals surface area contributed by atoms with Crippen LogP contribution in [-0.2, 0) is 12.8 Å². The summed E-state index contributed by atoms with van der Waals surface area (Å²) in [5.74, 6) is 0.967. The molecule has 2 heterocycles. The molecule has 3 aromatic rings. The van der Waals surface area contributed by atoms with Gasteiger partial charge >= 0.3 is 0 Å². The molecule has 4 rings (SSSR count). The van der Waals surface area contributed by atoms with Gasteiger partial charge in [-0.2, -0.15) is 0 Å². The monoisotopic (exact) mass is 356 g/mol. The Morgan fingerprint density at radius 2 is 2.12 bits per heavy atom. The second-order valence-electron chi connectivity index (χ2n) is 6.21. The van der Waals surface area contributed by atoms with Crippen molar-refractivity contribution in [3.8, 4) is 5.69 Å². The van der Waals surface area contributed by atoms with Gasteiger partial charge in [0.05, 0.1) is 11.1 Å². The lowest BCUT2D eigenvalue weighted by Gasteiger charge is -2.14. The fraction of sp³-hybridized carbons (Fsp3) is 0.368. The standard InChI is InChI=1S/C19H20N2OS2/c1-3-11-23-19-20-17-16(13-8-6-10-15(13)24-17)18(22)21(19)14-9-5-4-7-12(14)2/h4-5,7,9H,3,6,8,10-11H2,1-2H3. The number of benzene rings is 1. The summed E-state index contributed by atoms with van der Waals surface area (Å²) in [7, 11) is 0. The van der Waals surface area contributed by atoms with Crippen molar-refractivity contribution in [2.24, 2.45) is 0 Å². The van der Waals surface area contributed by atoms with Crippen LogP contribution in [0.3, 0.4) is 0 Å². The average molecular weight is 357 g/mol. The van der Waals surface area contributed by atoms with E-state index in [9.17, 15) is 4.79 Å². The molecule has 3 nitrogen and oxygen atoms in total. The molecule has 0 radical (unpaired) electrons. The van der Waals surface area contributed by atoms with Gasteiger partial charge in [-0.15, -0.1) is 11.3 Å². The van der Waals surface area contributed by atoms with Crippen LogP contribution < -0.4 is 5.56 Å². The van der Waals surface area contributed by atoms with Gasteiger partial charge in [0, 0.05) is 10.6 Å². The lowest BCUT2D eigenvalue weighted by Crippen LogP contribution is -2.22. The summed E-state index contributed by atoms with van der Waals surface area (Å²) in [6.07, 6.45) is 4.33. The normalized spacial score (nSPS) is 13.6. The molecule has 0 unspecified atom stereocenters. The van der Waals surface area contributed by atoms with Crippen LogP contribution in [0.15, 0.2) is 34.2 Å². The third-order valence-electron chi connectivity index (χ3n) is 4.50. The number of nitrogens with zero attached hydrogens (tertiary/aromatic N) is 2. The number of fused-ring (bicyclic) bond motifs is 3. The molecule has 0 saturated carbocycles. The van der Waals surface area contributed by atoms with Crippen LogP contribution in [0.4, 0.5) is 0 Å². The average Bonchev–Trinajstić information content (AvgIpc) is 3.14. The maximum Gasteiger partial charge on any atom is 0.267 e. The van der Waals surface area contributed by atoms with Crippen LogP contribution in [0, 0.1) is 6.92 Å². The first kappa shape index (κ1) is 15.9. The Balaban J connectivity index is 2.03. The molecule has 2 aromatic heterocycles. The van der Waals surface area contributed by atoms with Gasteiger partial charge in [0.25, 0.3) is 5.56 Å². The van der Waals surface area contributed by atoms with Crippen LogP contribution in [0.5, 0.6) is 0 Å². The Bertz CT molecular complexity index is 971. The van der Waals surface area contributed by atoms with Gasteiger partial charge in [0.1, 0.15) is 4.83 Å². The van der Waals surface area contributed by atoms with E-state index in [2.05, 4.69) is 19.9 Å². The third-order valence-corrected chi connectivity index (χ3v) is 6.83. The molecule has 0 spiro atoms. The van der Waals surface area contributed by atoms with Crippen LogP contribution in [0.25, 0.3) is 15.9 Å². The van der Waals surface area contributed by atoms with Gasteiger partial charge in [0.15, 0.2) is 5.16 Å². The highest BCUT2D eigenvalue weighted by Crippen LogP contribution is 2.36. The lowest BCUT2D eigenvalue weighted by molar-refractivity contribution is 0.814. The minimum Gasteiger partial charge on any atom is -0.268 e. The van der Waals surface area contributed by atoms with Crippen molar-refractivity contribution in [2.75, 3.05) is 5.75 Å². The van der Waals surface area contributed by atoms with Crippen LogP contribution >= 0.6 is 23.1 Å². The summed E-state index contributed by atoms with van der Waals surface area (Å²) in [5.41, 5.74) is 3.41. The van der Waals surface area contributed by atoms with Crippen molar-refractivity contribution in [3.05, 3.63) is 50.6 Å². The molecule has 0 fully saturated rings. The van der Waals surface area contributed by atoms with E-state index in [1.54, 1.807) is 23.1 Å². The van der Waals surface area contributed by atoms with Crippen molar-refractivity contribution in [2.45, 2.75) is 44.7 Å². The zero-order valence-electron chi connectivity index (χ0n) is 14.0. The zero-order valence-corrected chi connectivity index (χ0v) is 15.6. The highest BCUT2D eigenvalue weighted by atomic mass is 32.2. The van der Waals surface area contributed by atoms with E-state index in [0.717, 1.165) is 58.1 Å². The number of aryl methyl sites for hydroxylation is 3. The molecular weight excluding hydrogens is 336 g/mol.